The first-order valence-corrected chi connectivity index (χ1v) is 5.99. The molecule has 0 saturated heterocycles. The maximum atomic E-state index is 2.49. The van der Waals surface area contributed by atoms with E-state index >= 15 is 0 Å². The summed E-state index contributed by atoms with van der Waals surface area (Å²) < 4.78 is 0. The van der Waals surface area contributed by atoms with Gasteiger partial charge in [0, 0.05) is 9.52 Å². The third kappa shape index (κ3) is 1.97. The summed E-state index contributed by atoms with van der Waals surface area (Å²) in [7, 11) is 0.368. The number of hydrogen-bond acceptors (Lipinski definition) is 0. The van der Waals surface area contributed by atoms with Crippen molar-refractivity contribution >= 4 is 9.52 Å². The Morgan fingerprint density at radius 3 is 2.67 bits per heavy atom. The fourth-order valence-electron chi connectivity index (χ4n) is 1.39. The summed E-state index contributed by atoms with van der Waals surface area (Å²) in [5.74, 6) is 0.819. The minimum atomic E-state index is 0.368. The van der Waals surface area contributed by atoms with E-state index in [9.17, 15) is 0 Å². The number of rotatable bonds is 1. The molecule has 0 atom stereocenters. The van der Waals surface area contributed by atoms with Crippen LogP contribution >= 0.6 is 0 Å². The van der Waals surface area contributed by atoms with E-state index in [1.165, 1.54) is 12.5 Å². The van der Waals surface area contributed by atoms with Gasteiger partial charge >= 0.3 is 0 Å². The van der Waals surface area contributed by atoms with Crippen molar-refractivity contribution in [1.29, 1.82) is 0 Å². The maximum Gasteiger partial charge on any atom is 0.0243 e. The number of hydrogen-bond donors (Lipinski definition) is 0. The fourth-order valence-corrected chi connectivity index (χ4v) is 2.91. The van der Waals surface area contributed by atoms with Gasteiger partial charge in [-0.25, -0.2) is 0 Å². The molecule has 0 aliphatic carbocycles. The van der Waals surface area contributed by atoms with Crippen molar-refractivity contribution in [1.82, 2.24) is 0 Å². The van der Waals surface area contributed by atoms with Crippen LogP contribution in [0.3, 0.4) is 0 Å². The lowest BCUT2D eigenvalue weighted by atomic mass is 10.0. The van der Waals surface area contributed by atoms with Crippen molar-refractivity contribution in [3.8, 4) is 0 Å². The predicted molar refractivity (Wildman–Crippen MR) is 45.7 cm³/mol. The normalized spacial score (nSPS) is 22.8. The first-order valence-electron chi connectivity index (χ1n) is 3.99. The molecule has 0 bridgehead atoms. The largest absolute Gasteiger partial charge is 0.0883 e. The van der Waals surface area contributed by atoms with Gasteiger partial charge in [0.25, 0.3) is 0 Å². The maximum absolute atomic E-state index is 2.49. The first-order chi connectivity index (χ1) is 4.30. The van der Waals surface area contributed by atoms with Crippen molar-refractivity contribution in [3.05, 3.63) is 11.6 Å². The Labute approximate surface area is 60.2 Å². The molecule has 1 aliphatic heterocycles. The van der Waals surface area contributed by atoms with Gasteiger partial charge in [-0.2, -0.15) is 0 Å². The topological polar surface area (TPSA) is 0 Å². The molecule has 0 radical (unpaired) electrons. The van der Waals surface area contributed by atoms with E-state index < -0.39 is 0 Å². The predicted octanol–water partition coefficient (Wildman–Crippen LogP) is 1.98. The van der Waals surface area contributed by atoms with Crippen LogP contribution in [0, 0.1) is 5.92 Å². The van der Waals surface area contributed by atoms with Crippen LogP contribution < -0.4 is 0 Å². The Morgan fingerprint density at radius 1 is 1.56 bits per heavy atom. The van der Waals surface area contributed by atoms with E-state index in [0.717, 1.165) is 5.92 Å². The molecule has 1 heterocycles. The van der Waals surface area contributed by atoms with Gasteiger partial charge in [-0.1, -0.05) is 31.5 Å². The van der Waals surface area contributed by atoms with Crippen LogP contribution in [0.1, 0.15) is 20.3 Å². The Morgan fingerprint density at radius 2 is 2.33 bits per heavy atom. The van der Waals surface area contributed by atoms with Gasteiger partial charge in [-0.15, -0.1) is 0 Å². The molecule has 52 valence electrons. The van der Waals surface area contributed by atoms with Crippen LogP contribution in [-0.2, 0) is 0 Å². The molecule has 0 nitrogen and oxygen atoms in total. The van der Waals surface area contributed by atoms with Gasteiger partial charge in [0.2, 0.25) is 0 Å². The van der Waals surface area contributed by atoms with Crippen molar-refractivity contribution in [3.63, 3.8) is 0 Å². The van der Waals surface area contributed by atoms with Gasteiger partial charge in [0.05, 0.1) is 0 Å². The molecular formula is C8H16Si. The third-order valence-corrected chi connectivity index (χ3v) is 3.62. The highest BCUT2D eigenvalue weighted by molar-refractivity contribution is 6.36. The summed E-state index contributed by atoms with van der Waals surface area (Å²) in [5.41, 5.74) is 1.72. The van der Waals surface area contributed by atoms with Gasteiger partial charge in [-0.05, 0) is 18.4 Å². The van der Waals surface area contributed by atoms with E-state index in [4.69, 9.17) is 0 Å². The summed E-state index contributed by atoms with van der Waals surface area (Å²) in [4.78, 5) is 0. The van der Waals surface area contributed by atoms with Crippen LogP contribution in [0.5, 0.6) is 0 Å². The average Bonchev–Trinajstić information content (AvgIpc) is 1.90. The van der Waals surface area contributed by atoms with Crippen molar-refractivity contribution in [2.45, 2.75) is 32.4 Å². The highest BCUT2D eigenvalue weighted by Gasteiger charge is 2.05. The molecule has 9 heavy (non-hydrogen) atoms. The van der Waals surface area contributed by atoms with E-state index in [1.807, 2.05) is 0 Å². The summed E-state index contributed by atoms with van der Waals surface area (Å²) in [5, 5.41) is 0. The Hall–Kier alpha value is -0.0431. The van der Waals surface area contributed by atoms with Crippen LogP contribution in [0.4, 0.5) is 0 Å². The van der Waals surface area contributed by atoms with Crippen molar-refractivity contribution in [2.75, 3.05) is 0 Å². The quantitative estimate of drug-likeness (QED) is 0.386. The molecular weight excluding hydrogens is 124 g/mol. The average molecular weight is 140 g/mol. The molecule has 0 aromatic carbocycles. The molecule has 1 aliphatic rings. The second-order valence-corrected chi connectivity index (χ2v) is 5.17. The molecule has 1 heteroatoms. The molecule has 0 N–H and O–H groups in total. The third-order valence-electron chi connectivity index (χ3n) is 2.07. The van der Waals surface area contributed by atoms with Crippen molar-refractivity contribution in [2.24, 2.45) is 5.92 Å². The minimum Gasteiger partial charge on any atom is -0.0883 e. The van der Waals surface area contributed by atoms with Crippen LogP contribution in [0.15, 0.2) is 11.6 Å². The Balaban J connectivity index is 2.46. The van der Waals surface area contributed by atoms with Crippen LogP contribution in [-0.4, -0.2) is 9.52 Å². The van der Waals surface area contributed by atoms with Crippen LogP contribution in [0.2, 0.25) is 12.1 Å². The molecule has 0 aromatic rings. The lowest BCUT2D eigenvalue weighted by Gasteiger charge is -2.14. The van der Waals surface area contributed by atoms with Gasteiger partial charge < -0.3 is 0 Å². The number of allylic oxidation sites excluding steroid dienone is 2. The van der Waals surface area contributed by atoms with Crippen LogP contribution in [0.25, 0.3) is 0 Å². The second kappa shape index (κ2) is 3.21. The SMILES string of the molecule is CC(C)C1=CC[SiH2]CC1. The summed E-state index contributed by atoms with van der Waals surface area (Å²) in [6.07, 6.45) is 3.91. The van der Waals surface area contributed by atoms with E-state index in [-0.39, 0.29) is 0 Å². The Kier molecular flexibility index (Phi) is 2.52. The minimum absolute atomic E-state index is 0.368. The molecule has 0 unspecified atom stereocenters. The molecule has 0 amide bonds. The molecule has 0 aromatic heterocycles. The smallest absolute Gasteiger partial charge is 0.0243 e. The first kappa shape index (κ1) is 7.07. The van der Waals surface area contributed by atoms with Gasteiger partial charge in [-0.3, -0.25) is 0 Å². The summed E-state index contributed by atoms with van der Waals surface area (Å²) in [6.45, 7) is 4.61. The highest BCUT2D eigenvalue weighted by atomic mass is 28.2. The molecule has 0 fully saturated rings. The van der Waals surface area contributed by atoms with E-state index in [1.54, 1.807) is 11.6 Å². The fraction of sp³-hybridized carbons (Fsp3) is 0.750. The molecule has 1 rings (SSSR count). The summed E-state index contributed by atoms with van der Waals surface area (Å²) >= 11 is 0. The monoisotopic (exact) mass is 140 g/mol. The highest BCUT2D eigenvalue weighted by Crippen LogP contribution is 2.20. The molecule has 0 saturated carbocycles. The lowest BCUT2D eigenvalue weighted by molar-refractivity contribution is 0.723. The van der Waals surface area contributed by atoms with Gasteiger partial charge in [0.15, 0.2) is 0 Å². The second-order valence-electron chi connectivity index (χ2n) is 3.18. The zero-order chi connectivity index (χ0) is 6.69. The molecule has 0 spiro atoms. The Bertz CT molecular complexity index is 114. The van der Waals surface area contributed by atoms with Gasteiger partial charge in [0.1, 0.15) is 0 Å². The zero-order valence-corrected chi connectivity index (χ0v) is 7.90. The van der Waals surface area contributed by atoms with E-state index in [0.29, 0.717) is 9.52 Å². The lowest BCUT2D eigenvalue weighted by Crippen LogP contribution is -2.02. The standard InChI is InChI=1S/C8H16Si/c1-7(2)8-3-5-9-6-4-8/h3,7H,4-6,9H2,1-2H3. The van der Waals surface area contributed by atoms with Crippen molar-refractivity contribution < 1.29 is 0 Å². The zero-order valence-electron chi connectivity index (χ0n) is 6.48. The van der Waals surface area contributed by atoms with E-state index in [2.05, 4.69) is 19.9 Å². The summed E-state index contributed by atoms with van der Waals surface area (Å²) in [6, 6.07) is 3.03.